The van der Waals surface area contributed by atoms with Gasteiger partial charge in [-0.2, -0.15) is 5.10 Å². The first-order chi connectivity index (χ1) is 8.11. The molecule has 0 aliphatic rings. The summed E-state index contributed by atoms with van der Waals surface area (Å²) in [5.74, 6) is 0.547. The molecule has 0 amide bonds. The summed E-state index contributed by atoms with van der Waals surface area (Å²) in [7, 11) is 0. The van der Waals surface area contributed by atoms with E-state index in [1.807, 2.05) is 41.3 Å². The number of hydrogen-bond acceptors (Lipinski definition) is 2. The molecule has 0 saturated heterocycles. The van der Waals surface area contributed by atoms with Crippen molar-refractivity contribution in [3.05, 3.63) is 48.5 Å². The fourth-order valence-corrected chi connectivity index (χ4v) is 1.30. The summed E-state index contributed by atoms with van der Waals surface area (Å²) in [4.78, 5) is 4.18. The van der Waals surface area contributed by atoms with Gasteiger partial charge in [-0.3, -0.25) is 9.67 Å². The van der Waals surface area contributed by atoms with E-state index in [1.165, 1.54) is 0 Å². The van der Waals surface area contributed by atoms with Gasteiger partial charge in [0.05, 0.1) is 0 Å². The normalized spacial score (nSPS) is 8.29. The summed E-state index contributed by atoms with van der Waals surface area (Å²) in [5.41, 5.74) is 1.16. The van der Waals surface area contributed by atoms with E-state index in [9.17, 15) is 0 Å². The predicted molar refractivity (Wildman–Crippen MR) is 91.1 cm³/mol. The third-order valence-electron chi connectivity index (χ3n) is 2.33. The van der Waals surface area contributed by atoms with Crippen LogP contribution < -0.4 is 0 Å². The molecule has 2 rings (SSSR count). The number of hydrogen-bond donors (Lipinski definition) is 0. The Labute approximate surface area is 157 Å². The minimum absolute atomic E-state index is 0. The van der Waals surface area contributed by atoms with Crippen LogP contribution in [0.3, 0.4) is 0 Å². The Morgan fingerprint density at radius 3 is 1.76 bits per heavy atom. The van der Waals surface area contributed by atoms with Gasteiger partial charge in [0.2, 0.25) is 0 Å². The van der Waals surface area contributed by atoms with Crippen LogP contribution in [-0.2, 0) is 32.7 Å². The van der Waals surface area contributed by atoms with Gasteiger partial charge in [0, 0.05) is 63.0 Å². The van der Waals surface area contributed by atoms with Crippen molar-refractivity contribution in [2.24, 2.45) is 0 Å². The average molecular weight is 368 g/mol. The Kier molecular flexibility index (Phi) is 21.6. The van der Waals surface area contributed by atoms with E-state index < -0.39 is 0 Å². The fourth-order valence-electron chi connectivity index (χ4n) is 1.30. The second-order valence-corrected chi connectivity index (χ2v) is 4.49. The van der Waals surface area contributed by atoms with E-state index in [0.29, 0.717) is 12.0 Å². The molecule has 0 atom stereocenters. The molecule has 0 N–H and O–H groups in total. The van der Waals surface area contributed by atoms with Gasteiger partial charge in [0.1, 0.15) is 0 Å². The summed E-state index contributed by atoms with van der Waals surface area (Å²) in [6.07, 6.45) is 5.58. The minimum Gasteiger partial charge on any atom is -0.270 e. The Bertz CT molecular complexity index is 397. The maximum absolute atomic E-state index is 4.18. The second-order valence-electron chi connectivity index (χ2n) is 4.49. The molecular formula is C17H33N3Y. The van der Waals surface area contributed by atoms with Crippen molar-refractivity contribution in [2.75, 3.05) is 0 Å². The van der Waals surface area contributed by atoms with Crippen LogP contribution in [0.2, 0.25) is 0 Å². The number of rotatable bonds is 2. The maximum Gasteiger partial charge on any atom is 0.0489 e. The quantitative estimate of drug-likeness (QED) is 0.693. The van der Waals surface area contributed by atoms with Crippen molar-refractivity contribution in [1.82, 2.24) is 14.8 Å². The molecule has 3 nitrogen and oxygen atoms in total. The molecule has 2 aromatic rings. The zero-order valence-electron chi connectivity index (χ0n) is 11.6. The van der Waals surface area contributed by atoms with Crippen LogP contribution in [0.5, 0.6) is 0 Å². The molecule has 0 aromatic carbocycles. The summed E-state index contributed by atoms with van der Waals surface area (Å²) < 4.78 is 1.92. The van der Waals surface area contributed by atoms with E-state index >= 15 is 0 Å². The van der Waals surface area contributed by atoms with Gasteiger partial charge in [-0.15, -0.1) is 0 Å². The van der Waals surface area contributed by atoms with Gasteiger partial charge in [-0.1, -0.05) is 42.2 Å². The van der Waals surface area contributed by atoms with Gasteiger partial charge in [0.25, 0.3) is 0 Å². The van der Waals surface area contributed by atoms with Crippen LogP contribution >= 0.6 is 0 Å². The zero-order chi connectivity index (χ0) is 12.7. The van der Waals surface area contributed by atoms with Crippen LogP contribution in [0.25, 0.3) is 0 Å². The van der Waals surface area contributed by atoms with Gasteiger partial charge >= 0.3 is 0 Å². The van der Waals surface area contributed by atoms with E-state index in [2.05, 4.69) is 37.8 Å². The molecule has 119 valence electrons. The van der Waals surface area contributed by atoms with Gasteiger partial charge in [0.15, 0.2) is 0 Å². The first-order valence-corrected chi connectivity index (χ1v) is 6.01. The summed E-state index contributed by atoms with van der Waals surface area (Å²) in [6.45, 7) is 8.49. The van der Waals surface area contributed by atoms with E-state index in [0.717, 1.165) is 5.69 Å². The summed E-state index contributed by atoms with van der Waals surface area (Å²) in [5, 5.41) is 4.03. The zero-order valence-corrected chi connectivity index (χ0v) is 14.5. The van der Waals surface area contributed by atoms with Crippen LogP contribution in [0.15, 0.2) is 42.9 Å². The molecule has 0 aliphatic carbocycles. The second kappa shape index (κ2) is 15.8. The molecule has 0 saturated carbocycles. The summed E-state index contributed by atoms with van der Waals surface area (Å²) in [6, 6.07) is 8.42. The largest absolute Gasteiger partial charge is 0.270 e. The molecule has 1 radical (unpaired) electrons. The monoisotopic (exact) mass is 368 g/mol. The van der Waals surface area contributed by atoms with Gasteiger partial charge in [-0.05, 0) is 38.0 Å². The van der Waals surface area contributed by atoms with Gasteiger partial charge < -0.3 is 0 Å². The summed E-state index contributed by atoms with van der Waals surface area (Å²) >= 11 is 0. The average Bonchev–Trinajstić information content (AvgIpc) is 2.84. The molecule has 0 unspecified atom stereocenters. The maximum atomic E-state index is 4.18. The topological polar surface area (TPSA) is 30.7 Å². The van der Waals surface area contributed by atoms with Crippen LogP contribution in [0.1, 0.15) is 67.6 Å². The number of pyridine rings is 1. The fraction of sp³-hybridized carbons (Fsp3) is 0.529. The standard InChI is InChI=1S/C8H11N.C6H10N2.3CH4.Y/c1-7(2)8-5-3-4-6-9-8;1-6(2)8-5-3-4-7-8;;;;/h3-7H,1-2H3;3-6H,1-2H3;3*1H4;. The molecule has 0 bridgehead atoms. The van der Waals surface area contributed by atoms with Crippen molar-refractivity contribution in [3.8, 4) is 0 Å². The molecule has 0 aliphatic heterocycles. The number of nitrogens with zero attached hydrogens (tertiary/aromatic N) is 3. The Morgan fingerprint density at radius 2 is 1.52 bits per heavy atom. The molecule has 0 spiro atoms. The molecule has 2 heterocycles. The first-order valence-electron chi connectivity index (χ1n) is 6.01. The van der Waals surface area contributed by atoms with E-state index in [4.69, 9.17) is 0 Å². The van der Waals surface area contributed by atoms with Gasteiger partial charge in [-0.25, -0.2) is 0 Å². The van der Waals surface area contributed by atoms with Crippen molar-refractivity contribution in [3.63, 3.8) is 0 Å². The molecule has 4 heteroatoms. The van der Waals surface area contributed by atoms with E-state index in [-0.39, 0.29) is 55.0 Å². The SMILES string of the molecule is C.C.C.CC(C)c1ccccn1.CC(C)n1cccn1.[Y]. The molecule has 2 aromatic heterocycles. The van der Waals surface area contributed by atoms with Crippen LogP contribution in [-0.4, -0.2) is 14.8 Å². The van der Waals surface area contributed by atoms with Crippen molar-refractivity contribution in [1.29, 1.82) is 0 Å². The van der Waals surface area contributed by atoms with Crippen molar-refractivity contribution >= 4 is 0 Å². The Morgan fingerprint density at radius 1 is 0.905 bits per heavy atom. The van der Waals surface area contributed by atoms with Crippen molar-refractivity contribution < 1.29 is 32.7 Å². The first kappa shape index (κ1) is 28.6. The third kappa shape index (κ3) is 11.8. The third-order valence-corrected chi connectivity index (χ3v) is 2.33. The van der Waals surface area contributed by atoms with Crippen LogP contribution in [0.4, 0.5) is 0 Å². The Balaban J connectivity index is -0.000000116. The Hall–Kier alpha value is -0.536. The predicted octanol–water partition coefficient (Wildman–Crippen LogP) is 5.57. The van der Waals surface area contributed by atoms with E-state index in [1.54, 1.807) is 6.20 Å². The number of aromatic nitrogens is 3. The molecule has 0 fully saturated rings. The molecular weight excluding hydrogens is 335 g/mol. The minimum atomic E-state index is 0. The smallest absolute Gasteiger partial charge is 0.0489 e. The van der Waals surface area contributed by atoms with Crippen LogP contribution in [0, 0.1) is 0 Å². The van der Waals surface area contributed by atoms with Crippen molar-refractivity contribution in [2.45, 2.75) is 61.9 Å². The molecule has 21 heavy (non-hydrogen) atoms.